The number of hydrogen-bond donors (Lipinski definition) is 5. The fraction of sp³-hybridized carbons (Fsp3) is 0.208. The van der Waals surface area contributed by atoms with E-state index in [-0.39, 0.29) is 53.6 Å². The summed E-state index contributed by atoms with van der Waals surface area (Å²) >= 11 is 0. The molecule has 3 aromatic heterocycles. The second kappa shape index (κ2) is 14.3. The standard InChI is InChI=1S/C24H20N4O4.C24H18N4O3/c25-15-3-1-2-4-16(15)27-24(30)21-20-14-11-12(5-7-17(14)32-22(20)21)31-18-9-10-26-23-13(18)6-8-19(29)28-23;29-19-8-6-13-18(9-10-25-23(13)28-19)30-12-5-7-17-14(11-12)20-21(22(20)31-17)24-26-15-3-1-2-4-16(15)27-24/h1-5,7,9-11,20-22H,6,8,25H2,(H,27,30)(H,26,28,29);1-5,7,9-11,20-22H,6,8H2,(H,26,27)(H,25,28,29). The Hall–Kier alpha value is -7.94. The summed E-state index contributed by atoms with van der Waals surface area (Å²) in [6.07, 6.45) is 5.26. The van der Waals surface area contributed by atoms with Crippen molar-refractivity contribution in [1.29, 1.82) is 0 Å². The van der Waals surface area contributed by atoms with Crippen LogP contribution < -0.4 is 40.6 Å². The molecule has 6 unspecified atom stereocenters. The third-order valence-electron chi connectivity index (χ3n) is 12.6. The number of anilines is 4. The van der Waals surface area contributed by atoms with Gasteiger partial charge in [-0.05, 0) is 85.6 Å². The Morgan fingerprint density at radius 1 is 0.683 bits per heavy atom. The van der Waals surface area contributed by atoms with Crippen molar-refractivity contribution in [2.75, 3.05) is 21.7 Å². The summed E-state index contributed by atoms with van der Waals surface area (Å²) in [7, 11) is 0. The average Bonchev–Trinajstić information content (AvgIpc) is 3.98. The minimum absolute atomic E-state index is 0.0101. The molecule has 6 atom stereocenters. The molecule has 0 bridgehead atoms. The maximum Gasteiger partial charge on any atom is 0.232 e. The molecule has 2 fully saturated rings. The number of fused-ring (bicyclic) bond motifs is 9. The molecular formula is C48H38N8O7. The van der Waals surface area contributed by atoms with Crippen molar-refractivity contribution < 1.29 is 33.3 Å². The summed E-state index contributed by atoms with van der Waals surface area (Å²) in [5, 5.41) is 8.50. The van der Waals surface area contributed by atoms with E-state index in [2.05, 4.69) is 37.0 Å². The number of imidazole rings is 1. The topological polar surface area (TPSA) is 205 Å². The van der Waals surface area contributed by atoms with Crippen LogP contribution in [-0.4, -0.2) is 49.9 Å². The van der Waals surface area contributed by atoms with Crippen molar-refractivity contribution in [2.45, 2.75) is 55.6 Å². The van der Waals surface area contributed by atoms with Crippen LogP contribution in [0, 0.1) is 5.92 Å². The SMILES string of the molecule is Nc1ccccc1NC(=O)C1C2Oc3ccc(Oc4ccnc5c4CCC(=O)N5)cc3C21.O=C1CCc2c(Oc3ccc4c(c3)C3C(O4)C3c3nc4ccccc4[nH]3)ccnc2N1. The van der Waals surface area contributed by atoms with Gasteiger partial charge in [0.25, 0.3) is 0 Å². The van der Waals surface area contributed by atoms with E-state index in [1.807, 2.05) is 72.8 Å². The lowest BCUT2D eigenvalue weighted by atomic mass is 10.1. The Kier molecular flexibility index (Phi) is 8.39. The fourth-order valence-corrected chi connectivity index (χ4v) is 9.36. The summed E-state index contributed by atoms with van der Waals surface area (Å²) in [6.45, 7) is 0. The monoisotopic (exact) mass is 838 g/mol. The molecule has 13 rings (SSSR count). The fourth-order valence-electron chi connectivity index (χ4n) is 9.36. The number of ether oxygens (including phenoxy) is 4. The average molecular weight is 839 g/mol. The smallest absolute Gasteiger partial charge is 0.232 e. The van der Waals surface area contributed by atoms with Gasteiger partial charge in [-0.3, -0.25) is 14.4 Å². The summed E-state index contributed by atoms with van der Waals surface area (Å²) in [5.41, 5.74) is 13.0. The minimum atomic E-state index is -0.263. The third kappa shape index (κ3) is 6.51. The van der Waals surface area contributed by atoms with Crippen LogP contribution in [0.2, 0.25) is 0 Å². The highest BCUT2D eigenvalue weighted by Gasteiger charge is 2.63. The molecule has 6 aliphatic rings. The number of rotatable bonds is 7. The predicted octanol–water partition coefficient (Wildman–Crippen LogP) is 7.73. The Balaban J connectivity index is 0.000000134. The first kappa shape index (κ1) is 36.9. The van der Waals surface area contributed by atoms with Gasteiger partial charge in [0, 0.05) is 59.3 Å². The largest absolute Gasteiger partial charge is 0.489 e. The van der Waals surface area contributed by atoms with E-state index in [0.717, 1.165) is 62.1 Å². The summed E-state index contributed by atoms with van der Waals surface area (Å²) < 4.78 is 24.5. The van der Waals surface area contributed by atoms with Gasteiger partial charge in [-0.15, -0.1) is 0 Å². The number of amides is 3. The van der Waals surface area contributed by atoms with Gasteiger partial charge in [0.1, 0.15) is 64.2 Å². The molecule has 2 saturated carbocycles. The van der Waals surface area contributed by atoms with Gasteiger partial charge in [0.2, 0.25) is 17.7 Å². The van der Waals surface area contributed by atoms with Gasteiger partial charge < -0.3 is 45.6 Å². The Bertz CT molecular complexity index is 3030. The number of carbonyl (C=O) groups is 3. The zero-order valence-electron chi connectivity index (χ0n) is 33.5. The molecule has 0 saturated heterocycles. The van der Waals surface area contributed by atoms with Gasteiger partial charge in [0.15, 0.2) is 0 Å². The summed E-state index contributed by atoms with van der Waals surface area (Å²) in [5.74, 6) is 6.68. The number of para-hydroxylation sites is 4. The van der Waals surface area contributed by atoms with Crippen LogP contribution in [0.15, 0.2) is 109 Å². The first-order chi connectivity index (χ1) is 30.8. The quantitative estimate of drug-likeness (QED) is 0.0983. The molecule has 63 heavy (non-hydrogen) atoms. The van der Waals surface area contributed by atoms with E-state index in [1.165, 1.54) is 0 Å². The molecule has 0 spiro atoms. The number of pyridine rings is 2. The minimum Gasteiger partial charge on any atom is -0.489 e. The van der Waals surface area contributed by atoms with Gasteiger partial charge >= 0.3 is 0 Å². The molecular weight excluding hydrogens is 801 g/mol. The molecule has 312 valence electrons. The first-order valence-corrected chi connectivity index (χ1v) is 21.0. The number of aromatic nitrogens is 4. The number of carbonyl (C=O) groups excluding carboxylic acids is 3. The van der Waals surface area contributed by atoms with Crippen LogP contribution >= 0.6 is 0 Å². The highest BCUT2D eigenvalue weighted by molar-refractivity contribution is 5.99. The van der Waals surface area contributed by atoms with Gasteiger partial charge in [-0.2, -0.15) is 0 Å². The molecule has 15 heteroatoms. The number of nitrogen functional groups attached to an aromatic ring is 1. The zero-order valence-corrected chi connectivity index (χ0v) is 33.5. The van der Waals surface area contributed by atoms with Gasteiger partial charge in [-0.1, -0.05) is 24.3 Å². The molecule has 6 N–H and O–H groups in total. The number of nitrogens with zero attached hydrogens (tertiary/aromatic N) is 3. The van der Waals surface area contributed by atoms with E-state index in [9.17, 15) is 14.4 Å². The highest BCUT2D eigenvalue weighted by atomic mass is 16.5. The van der Waals surface area contributed by atoms with Crippen LogP contribution in [0.1, 0.15) is 58.7 Å². The van der Waals surface area contributed by atoms with E-state index >= 15 is 0 Å². The zero-order chi connectivity index (χ0) is 42.3. The molecule has 7 aromatic rings. The lowest BCUT2D eigenvalue weighted by Crippen LogP contribution is -2.20. The molecule has 7 heterocycles. The van der Waals surface area contributed by atoms with Crippen LogP contribution in [-0.2, 0) is 27.2 Å². The van der Waals surface area contributed by atoms with Crippen LogP contribution in [0.4, 0.5) is 23.0 Å². The number of benzene rings is 4. The third-order valence-corrected chi connectivity index (χ3v) is 12.6. The van der Waals surface area contributed by atoms with E-state index in [0.29, 0.717) is 60.2 Å². The van der Waals surface area contributed by atoms with Crippen LogP contribution in [0.25, 0.3) is 11.0 Å². The van der Waals surface area contributed by atoms with E-state index < -0.39 is 0 Å². The predicted molar refractivity (Wildman–Crippen MR) is 232 cm³/mol. The summed E-state index contributed by atoms with van der Waals surface area (Å²) in [4.78, 5) is 52.8. The number of aromatic amines is 1. The van der Waals surface area contributed by atoms with Crippen molar-refractivity contribution in [2.24, 2.45) is 5.92 Å². The molecule has 4 aliphatic heterocycles. The lowest BCUT2D eigenvalue weighted by Gasteiger charge is -2.19. The number of hydrogen-bond acceptors (Lipinski definition) is 11. The number of nitrogens with one attached hydrogen (secondary N) is 4. The molecule has 3 amide bonds. The van der Waals surface area contributed by atoms with Crippen molar-refractivity contribution in [1.82, 2.24) is 19.9 Å². The first-order valence-electron chi connectivity index (χ1n) is 21.0. The second-order valence-corrected chi connectivity index (χ2v) is 16.5. The van der Waals surface area contributed by atoms with Crippen LogP contribution in [0.5, 0.6) is 34.5 Å². The number of nitrogens with two attached hydrogens (primary N) is 1. The molecule has 15 nitrogen and oxygen atoms in total. The second-order valence-electron chi connectivity index (χ2n) is 16.5. The van der Waals surface area contributed by atoms with Crippen molar-refractivity contribution >= 4 is 51.8 Å². The van der Waals surface area contributed by atoms with Gasteiger partial charge in [0.05, 0.1) is 34.2 Å². The van der Waals surface area contributed by atoms with Crippen LogP contribution in [0.3, 0.4) is 0 Å². The lowest BCUT2D eigenvalue weighted by molar-refractivity contribution is -0.118. The highest BCUT2D eigenvalue weighted by Crippen LogP contribution is 2.63. The normalized spacial score (nSPS) is 22.4. The van der Waals surface area contributed by atoms with Crippen molar-refractivity contribution in [3.8, 4) is 34.5 Å². The Labute approximate surface area is 359 Å². The van der Waals surface area contributed by atoms with Gasteiger partial charge in [-0.25, -0.2) is 15.0 Å². The maximum absolute atomic E-state index is 12.8. The molecule has 0 radical (unpaired) electrons. The van der Waals surface area contributed by atoms with E-state index in [1.54, 1.807) is 30.6 Å². The molecule has 4 aromatic carbocycles. The Morgan fingerprint density at radius 2 is 1.29 bits per heavy atom. The maximum atomic E-state index is 12.8. The summed E-state index contributed by atoms with van der Waals surface area (Å²) in [6, 6.07) is 30.5. The molecule has 2 aliphatic carbocycles. The van der Waals surface area contributed by atoms with Crippen molar-refractivity contribution in [3.05, 3.63) is 138 Å². The van der Waals surface area contributed by atoms with E-state index in [4.69, 9.17) is 29.7 Å². The Morgan fingerprint density at radius 3 is 1.94 bits per heavy atom. The number of H-pyrrole nitrogens is 1. The van der Waals surface area contributed by atoms with Crippen molar-refractivity contribution in [3.63, 3.8) is 0 Å².